The molecular weight excluding hydrogens is 146 g/mol. The van der Waals surface area contributed by atoms with Gasteiger partial charge in [-0.15, -0.1) is 0 Å². The van der Waals surface area contributed by atoms with Gasteiger partial charge in [-0.25, -0.2) is 0 Å². The average Bonchev–Trinajstić information content (AvgIpc) is 2.33. The molecular formula is C6H8N3O2-. The summed E-state index contributed by atoms with van der Waals surface area (Å²) in [4.78, 5) is 17.1. The number of hydrogen-bond donors (Lipinski definition) is 0. The minimum atomic E-state index is -0.543. The van der Waals surface area contributed by atoms with Crippen molar-refractivity contribution in [3.8, 4) is 0 Å². The van der Waals surface area contributed by atoms with E-state index < -0.39 is 4.92 Å². The Morgan fingerprint density at radius 3 is 2.64 bits per heavy atom. The Balaban J connectivity index is 2.90. The number of nitrogens with zero attached hydrogens (tertiary/aromatic N) is 3. The molecule has 0 bridgehead atoms. The summed E-state index contributed by atoms with van der Waals surface area (Å²) < 4.78 is 0. The maximum absolute atomic E-state index is 10.1. The second kappa shape index (κ2) is 2.69. The van der Waals surface area contributed by atoms with Crippen LogP contribution in [-0.4, -0.2) is 9.91 Å². The Labute approximate surface area is 63.6 Å². The first-order valence-electron chi connectivity index (χ1n) is 3.25. The monoisotopic (exact) mass is 154 g/mol. The van der Waals surface area contributed by atoms with Crippen LogP contribution in [0.2, 0.25) is 0 Å². The fraction of sp³-hybridized carbons (Fsp3) is 0.500. The van der Waals surface area contributed by atoms with E-state index in [1.807, 2.05) is 13.8 Å². The molecule has 0 saturated carbocycles. The average molecular weight is 154 g/mol. The predicted molar refractivity (Wildman–Crippen MR) is 38.3 cm³/mol. The molecule has 0 spiro atoms. The molecule has 0 N–H and O–H groups in total. The molecule has 0 aromatic carbocycles. The SMILES string of the molecule is CC(C)c1nc([N+](=O)[O-])c[n-]1. The highest BCUT2D eigenvalue weighted by Crippen LogP contribution is 2.12. The van der Waals surface area contributed by atoms with Crippen molar-refractivity contribution in [1.29, 1.82) is 0 Å². The van der Waals surface area contributed by atoms with Crippen molar-refractivity contribution in [3.05, 3.63) is 22.1 Å². The summed E-state index contributed by atoms with van der Waals surface area (Å²) in [5.41, 5.74) is 0. The van der Waals surface area contributed by atoms with Gasteiger partial charge >= 0.3 is 0 Å². The van der Waals surface area contributed by atoms with Crippen molar-refractivity contribution in [2.75, 3.05) is 0 Å². The van der Waals surface area contributed by atoms with Crippen LogP contribution >= 0.6 is 0 Å². The zero-order valence-electron chi connectivity index (χ0n) is 6.31. The molecule has 60 valence electrons. The lowest BCUT2D eigenvalue weighted by atomic mass is 10.2. The van der Waals surface area contributed by atoms with Crippen molar-refractivity contribution >= 4 is 5.82 Å². The van der Waals surface area contributed by atoms with Gasteiger partial charge < -0.3 is 20.1 Å². The largest absolute Gasteiger partial charge is 0.442 e. The number of rotatable bonds is 2. The molecule has 0 aliphatic heterocycles. The van der Waals surface area contributed by atoms with Gasteiger partial charge in [0.2, 0.25) is 0 Å². The maximum atomic E-state index is 10.1. The molecule has 1 aromatic rings. The fourth-order valence-electron chi connectivity index (χ4n) is 0.665. The minimum Gasteiger partial charge on any atom is -0.442 e. The summed E-state index contributed by atoms with van der Waals surface area (Å²) in [7, 11) is 0. The summed E-state index contributed by atoms with van der Waals surface area (Å²) in [5.74, 6) is 0.495. The van der Waals surface area contributed by atoms with Crippen LogP contribution in [0.5, 0.6) is 0 Å². The molecule has 0 amide bonds. The molecule has 11 heavy (non-hydrogen) atoms. The summed E-state index contributed by atoms with van der Waals surface area (Å²) in [6, 6.07) is 0. The molecule has 1 aromatic heterocycles. The van der Waals surface area contributed by atoms with E-state index in [9.17, 15) is 10.1 Å². The summed E-state index contributed by atoms with van der Waals surface area (Å²) >= 11 is 0. The van der Waals surface area contributed by atoms with E-state index in [4.69, 9.17) is 0 Å². The van der Waals surface area contributed by atoms with Crippen molar-refractivity contribution in [2.24, 2.45) is 0 Å². The molecule has 1 rings (SSSR count). The molecule has 5 nitrogen and oxygen atoms in total. The van der Waals surface area contributed by atoms with Gasteiger partial charge in [-0.1, -0.05) is 24.6 Å². The van der Waals surface area contributed by atoms with Crippen LogP contribution in [0.15, 0.2) is 6.20 Å². The highest BCUT2D eigenvalue weighted by molar-refractivity contribution is 5.16. The van der Waals surface area contributed by atoms with Crippen LogP contribution in [0, 0.1) is 10.1 Å². The van der Waals surface area contributed by atoms with Crippen LogP contribution in [0.25, 0.3) is 0 Å². The van der Waals surface area contributed by atoms with Gasteiger partial charge in [0, 0.05) is 0 Å². The smallest absolute Gasteiger partial charge is 0.159 e. The standard InChI is InChI=1S/C6H8N3O2/c1-4(2)6-7-3-5(8-6)9(10)11/h3-4H,1-2H3/q-1. The number of aromatic nitrogens is 2. The first-order valence-corrected chi connectivity index (χ1v) is 3.25. The zero-order chi connectivity index (χ0) is 8.43. The van der Waals surface area contributed by atoms with E-state index in [1.165, 1.54) is 6.20 Å². The van der Waals surface area contributed by atoms with Gasteiger partial charge in [0.15, 0.2) is 5.82 Å². The molecule has 0 aliphatic rings. The van der Waals surface area contributed by atoms with Gasteiger partial charge in [-0.05, 0) is 12.1 Å². The highest BCUT2D eigenvalue weighted by Gasteiger charge is 1.96. The van der Waals surface area contributed by atoms with Crippen molar-refractivity contribution in [2.45, 2.75) is 19.8 Å². The van der Waals surface area contributed by atoms with E-state index >= 15 is 0 Å². The number of imidazole rings is 1. The van der Waals surface area contributed by atoms with E-state index in [1.54, 1.807) is 0 Å². The Morgan fingerprint density at radius 2 is 2.36 bits per heavy atom. The molecule has 0 unspecified atom stereocenters. The van der Waals surface area contributed by atoms with Crippen molar-refractivity contribution in [3.63, 3.8) is 0 Å². The van der Waals surface area contributed by atoms with Crippen LogP contribution in [0.4, 0.5) is 5.82 Å². The van der Waals surface area contributed by atoms with Crippen LogP contribution in [0.3, 0.4) is 0 Å². The second-order valence-electron chi connectivity index (χ2n) is 2.50. The Bertz CT molecular complexity index is 267. The molecule has 0 radical (unpaired) electrons. The molecule has 0 atom stereocenters. The predicted octanol–water partition coefficient (Wildman–Crippen LogP) is 1.07. The van der Waals surface area contributed by atoms with Gasteiger partial charge in [0.05, 0.1) is 0 Å². The van der Waals surface area contributed by atoms with Crippen LogP contribution in [-0.2, 0) is 0 Å². The van der Waals surface area contributed by atoms with E-state index in [2.05, 4.69) is 9.97 Å². The first kappa shape index (κ1) is 7.71. The minimum absolute atomic E-state index is 0.142. The lowest BCUT2D eigenvalue weighted by molar-refractivity contribution is -0.389. The quantitative estimate of drug-likeness (QED) is 0.472. The third-order valence-electron chi connectivity index (χ3n) is 1.24. The summed E-state index contributed by atoms with van der Waals surface area (Å²) in [5, 5.41) is 10.1. The van der Waals surface area contributed by atoms with E-state index in [0.29, 0.717) is 5.82 Å². The van der Waals surface area contributed by atoms with Crippen molar-refractivity contribution < 1.29 is 4.92 Å². The molecule has 5 heteroatoms. The third kappa shape index (κ3) is 1.54. The summed E-state index contributed by atoms with van der Waals surface area (Å²) in [6.07, 6.45) is 1.18. The van der Waals surface area contributed by atoms with Crippen LogP contribution < -0.4 is 4.98 Å². The van der Waals surface area contributed by atoms with E-state index in [-0.39, 0.29) is 11.7 Å². The van der Waals surface area contributed by atoms with Gasteiger partial charge in [-0.3, -0.25) is 0 Å². The lowest BCUT2D eigenvalue weighted by Gasteiger charge is -2.05. The van der Waals surface area contributed by atoms with Gasteiger partial charge in [-0.2, -0.15) is 0 Å². The Hall–Kier alpha value is -1.39. The van der Waals surface area contributed by atoms with E-state index in [0.717, 1.165) is 0 Å². The fourth-order valence-corrected chi connectivity index (χ4v) is 0.665. The molecule has 0 saturated heterocycles. The molecule has 1 heterocycles. The number of nitro groups is 1. The van der Waals surface area contributed by atoms with Gasteiger partial charge in [0.25, 0.3) is 0 Å². The van der Waals surface area contributed by atoms with Crippen molar-refractivity contribution in [1.82, 2.24) is 9.97 Å². The lowest BCUT2D eigenvalue weighted by Crippen LogP contribution is -1.92. The Morgan fingerprint density at radius 1 is 1.73 bits per heavy atom. The second-order valence-corrected chi connectivity index (χ2v) is 2.50. The zero-order valence-corrected chi connectivity index (χ0v) is 6.31. The van der Waals surface area contributed by atoms with Gasteiger partial charge in [0.1, 0.15) is 0 Å². The molecule has 0 aliphatic carbocycles. The van der Waals surface area contributed by atoms with Crippen LogP contribution in [0.1, 0.15) is 25.6 Å². The topological polar surface area (TPSA) is 70.1 Å². The Kier molecular flexibility index (Phi) is 1.89. The third-order valence-corrected chi connectivity index (χ3v) is 1.24. The first-order chi connectivity index (χ1) is 5.11. The maximum Gasteiger partial charge on any atom is 0.159 e. The normalized spacial score (nSPS) is 10.5. The number of hydrogen-bond acceptors (Lipinski definition) is 3. The molecule has 0 fully saturated rings. The highest BCUT2D eigenvalue weighted by atomic mass is 16.6. The summed E-state index contributed by atoms with van der Waals surface area (Å²) in [6.45, 7) is 3.78.